The van der Waals surface area contributed by atoms with Crippen LogP contribution in [0.4, 0.5) is 5.13 Å². The maximum atomic E-state index is 12.8. The van der Waals surface area contributed by atoms with E-state index in [1.54, 1.807) is 25.3 Å². The van der Waals surface area contributed by atoms with Crippen molar-refractivity contribution in [3.8, 4) is 0 Å². The smallest absolute Gasteiger partial charge is 0.339 e. The van der Waals surface area contributed by atoms with Crippen molar-refractivity contribution in [2.24, 2.45) is 0 Å². The average molecular weight is 392 g/mol. The Morgan fingerprint density at radius 3 is 2.89 bits per heavy atom. The summed E-state index contributed by atoms with van der Waals surface area (Å²) in [5.41, 5.74) is 2.49. The van der Waals surface area contributed by atoms with Gasteiger partial charge in [-0.3, -0.25) is 10.1 Å². The number of carbonyl (C=O) groups excluding carboxylic acids is 2. The van der Waals surface area contributed by atoms with Gasteiger partial charge in [-0.15, -0.1) is 11.3 Å². The molecule has 1 atom stereocenters. The minimum Gasteiger partial charge on any atom is -0.445 e. The predicted molar refractivity (Wildman–Crippen MR) is 109 cm³/mol. The number of ether oxygens (including phenoxy) is 1. The molecule has 1 amide bonds. The molecular weight excluding hydrogens is 372 g/mol. The monoisotopic (exact) mass is 392 g/mol. The van der Waals surface area contributed by atoms with E-state index in [9.17, 15) is 9.59 Å². The zero-order chi connectivity index (χ0) is 19.7. The Morgan fingerprint density at radius 2 is 2.07 bits per heavy atom. The fraction of sp³-hybridized carbons (Fsp3) is 0.227. The predicted octanol–water partition coefficient (Wildman–Crippen LogP) is 4.15. The summed E-state index contributed by atoms with van der Waals surface area (Å²) in [6.45, 7) is 3.70. The van der Waals surface area contributed by atoms with Crippen molar-refractivity contribution in [3.63, 3.8) is 0 Å². The summed E-state index contributed by atoms with van der Waals surface area (Å²) in [6, 6.07) is 15.5. The SMILES string of the molecule is Cc1cccc(Cc2cnc(NC(=O)[C@]3(C)Cc4ccccc4C(=O)O3)s2)c1. The van der Waals surface area contributed by atoms with Crippen molar-refractivity contribution in [1.29, 1.82) is 0 Å². The van der Waals surface area contributed by atoms with E-state index in [4.69, 9.17) is 4.74 Å². The molecule has 1 aromatic heterocycles. The Hall–Kier alpha value is -2.99. The van der Waals surface area contributed by atoms with E-state index < -0.39 is 11.6 Å². The summed E-state index contributed by atoms with van der Waals surface area (Å²) in [7, 11) is 0. The zero-order valence-corrected chi connectivity index (χ0v) is 16.5. The first kappa shape index (κ1) is 18.4. The maximum Gasteiger partial charge on any atom is 0.339 e. The Balaban J connectivity index is 1.47. The molecule has 5 nitrogen and oxygen atoms in total. The Bertz CT molecular complexity index is 1060. The number of esters is 1. The second-order valence-electron chi connectivity index (χ2n) is 7.21. The molecular formula is C22H20N2O3S. The number of cyclic esters (lactones) is 1. The van der Waals surface area contributed by atoms with Crippen LogP contribution in [0.5, 0.6) is 0 Å². The van der Waals surface area contributed by atoms with Crippen LogP contribution >= 0.6 is 11.3 Å². The second-order valence-corrected chi connectivity index (χ2v) is 8.32. The number of nitrogens with one attached hydrogen (secondary N) is 1. The summed E-state index contributed by atoms with van der Waals surface area (Å²) in [5, 5.41) is 3.32. The molecule has 0 radical (unpaired) electrons. The van der Waals surface area contributed by atoms with E-state index in [-0.39, 0.29) is 5.91 Å². The van der Waals surface area contributed by atoms with E-state index >= 15 is 0 Å². The molecule has 28 heavy (non-hydrogen) atoms. The van der Waals surface area contributed by atoms with Gasteiger partial charge in [-0.25, -0.2) is 9.78 Å². The lowest BCUT2D eigenvalue weighted by Gasteiger charge is -2.32. The van der Waals surface area contributed by atoms with Gasteiger partial charge >= 0.3 is 5.97 Å². The number of aromatic nitrogens is 1. The molecule has 3 aromatic rings. The molecule has 0 saturated heterocycles. The fourth-order valence-electron chi connectivity index (χ4n) is 3.36. The van der Waals surface area contributed by atoms with Gasteiger partial charge in [0.25, 0.3) is 5.91 Å². The highest BCUT2D eigenvalue weighted by Gasteiger charge is 2.42. The van der Waals surface area contributed by atoms with Crippen LogP contribution in [-0.2, 0) is 22.4 Å². The van der Waals surface area contributed by atoms with Gasteiger partial charge in [0.15, 0.2) is 10.7 Å². The van der Waals surface area contributed by atoms with E-state index in [0.717, 1.165) is 16.9 Å². The quantitative estimate of drug-likeness (QED) is 0.677. The number of carbonyl (C=O) groups is 2. The number of rotatable bonds is 4. The zero-order valence-electron chi connectivity index (χ0n) is 15.7. The molecule has 1 aliphatic heterocycles. The minimum atomic E-state index is -1.26. The number of hydrogen-bond acceptors (Lipinski definition) is 5. The summed E-state index contributed by atoms with van der Waals surface area (Å²) < 4.78 is 5.48. The third-order valence-electron chi connectivity index (χ3n) is 4.80. The number of hydrogen-bond donors (Lipinski definition) is 1. The van der Waals surface area contributed by atoms with Crippen molar-refractivity contribution in [1.82, 2.24) is 4.98 Å². The van der Waals surface area contributed by atoms with Gasteiger partial charge in [-0.05, 0) is 31.0 Å². The van der Waals surface area contributed by atoms with Gasteiger partial charge in [0.2, 0.25) is 0 Å². The van der Waals surface area contributed by atoms with Crippen LogP contribution in [0, 0.1) is 6.92 Å². The molecule has 0 saturated carbocycles. The number of thiazole rings is 1. The Labute approximate surface area is 167 Å². The standard InChI is InChI=1S/C22H20N2O3S/c1-14-6-5-7-15(10-14)11-17-13-23-21(28-17)24-20(26)22(2)12-16-8-3-4-9-18(16)19(25)27-22/h3-10,13H,11-12H2,1-2H3,(H,23,24,26)/t22-/m0/s1. The lowest BCUT2D eigenvalue weighted by Crippen LogP contribution is -2.48. The van der Waals surface area contributed by atoms with Gasteiger partial charge in [-0.1, -0.05) is 48.0 Å². The normalized spacial score (nSPS) is 18.3. The minimum absolute atomic E-state index is 0.336. The van der Waals surface area contributed by atoms with E-state index in [1.165, 1.54) is 22.5 Å². The molecule has 0 fully saturated rings. The summed E-state index contributed by atoms with van der Waals surface area (Å²) in [6.07, 6.45) is 2.87. The third-order valence-corrected chi connectivity index (χ3v) is 5.71. The first-order valence-electron chi connectivity index (χ1n) is 9.06. The number of benzene rings is 2. The van der Waals surface area contributed by atoms with Crippen molar-refractivity contribution in [2.75, 3.05) is 5.32 Å². The molecule has 142 valence electrons. The first-order valence-corrected chi connectivity index (χ1v) is 9.87. The topological polar surface area (TPSA) is 68.3 Å². The van der Waals surface area contributed by atoms with E-state index in [1.807, 2.05) is 18.2 Å². The van der Waals surface area contributed by atoms with Gasteiger partial charge in [0, 0.05) is 23.9 Å². The largest absolute Gasteiger partial charge is 0.445 e. The molecule has 4 rings (SSSR count). The number of nitrogens with zero attached hydrogens (tertiary/aromatic N) is 1. The van der Waals surface area contributed by atoms with Crippen LogP contribution in [0.1, 0.15) is 38.8 Å². The van der Waals surface area contributed by atoms with Crippen LogP contribution in [0.25, 0.3) is 0 Å². The number of fused-ring (bicyclic) bond motifs is 1. The molecule has 0 unspecified atom stereocenters. The fourth-order valence-corrected chi connectivity index (χ4v) is 4.20. The van der Waals surface area contributed by atoms with Crippen molar-refractivity contribution >= 4 is 28.3 Å². The molecule has 2 aromatic carbocycles. The number of anilines is 1. The van der Waals surface area contributed by atoms with Crippen LogP contribution in [0.3, 0.4) is 0 Å². The third kappa shape index (κ3) is 3.68. The highest BCUT2D eigenvalue weighted by molar-refractivity contribution is 7.15. The summed E-state index contributed by atoms with van der Waals surface area (Å²) >= 11 is 1.43. The first-order chi connectivity index (χ1) is 13.4. The average Bonchev–Trinajstić information content (AvgIpc) is 3.08. The second kappa shape index (κ2) is 7.20. The van der Waals surface area contributed by atoms with E-state index in [2.05, 4.69) is 35.4 Å². The van der Waals surface area contributed by atoms with Gasteiger partial charge < -0.3 is 4.74 Å². The molecule has 6 heteroatoms. The molecule has 2 heterocycles. The van der Waals surface area contributed by atoms with Crippen LogP contribution in [0.15, 0.2) is 54.7 Å². The van der Waals surface area contributed by atoms with E-state index in [0.29, 0.717) is 17.1 Å². The van der Waals surface area contributed by atoms with Crippen LogP contribution in [0.2, 0.25) is 0 Å². The number of aryl methyl sites for hydroxylation is 1. The maximum absolute atomic E-state index is 12.8. The molecule has 0 aliphatic carbocycles. The van der Waals surface area contributed by atoms with Gasteiger partial charge in [-0.2, -0.15) is 0 Å². The Kier molecular flexibility index (Phi) is 4.73. The Morgan fingerprint density at radius 1 is 1.25 bits per heavy atom. The summed E-state index contributed by atoms with van der Waals surface area (Å²) in [5.74, 6) is -0.842. The highest BCUT2D eigenvalue weighted by Crippen LogP contribution is 2.30. The van der Waals surface area contributed by atoms with Crippen LogP contribution < -0.4 is 5.32 Å². The molecule has 0 spiro atoms. The van der Waals surface area contributed by atoms with Gasteiger partial charge in [0.1, 0.15) is 0 Å². The lowest BCUT2D eigenvalue weighted by molar-refractivity contribution is -0.134. The molecule has 1 aliphatic rings. The highest BCUT2D eigenvalue weighted by atomic mass is 32.1. The van der Waals surface area contributed by atoms with Crippen LogP contribution in [-0.4, -0.2) is 22.5 Å². The summed E-state index contributed by atoms with van der Waals surface area (Å²) in [4.78, 5) is 30.5. The number of amides is 1. The van der Waals surface area contributed by atoms with Crippen molar-refractivity contribution < 1.29 is 14.3 Å². The lowest BCUT2D eigenvalue weighted by atomic mass is 9.89. The molecule has 0 bridgehead atoms. The van der Waals surface area contributed by atoms with Crippen molar-refractivity contribution in [3.05, 3.63) is 81.9 Å². The van der Waals surface area contributed by atoms with Gasteiger partial charge in [0.05, 0.1) is 5.56 Å². The van der Waals surface area contributed by atoms with Crippen molar-refractivity contribution in [2.45, 2.75) is 32.3 Å². The molecule has 1 N–H and O–H groups in total.